The van der Waals surface area contributed by atoms with E-state index in [1.165, 1.54) is 38.7 Å². The van der Waals surface area contributed by atoms with Gasteiger partial charge in [0.25, 0.3) is 0 Å². The van der Waals surface area contributed by atoms with Crippen molar-refractivity contribution in [2.24, 2.45) is 0 Å². The molecule has 0 fully saturated rings. The van der Waals surface area contributed by atoms with Gasteiger partial charge in [0, 0.05) is 19.3 Å². The fourth-order valence-corrected chi connectivity index (χ4v) is 2.22. The number of esters is 2. The quantitative estimate of drug-likeness (QED) is 0.459. The molecule has 1 heterocycles. The molecule has 10 heteroatoms. The number of anilines is 4. The molecular formula is C17H21N5O5. The van der Waals surface area contributed by atoms with Crippen molar-refractivity contribution in [2.75, 3.05) is 50.8 Å². The van der Waals surface area contributed by atoms with Crippen molar-refractivity contribution in [1.29, 1.82) is 0 Å². The van der Waals surface area contributed by atoms with Gasteiger partial charge in [-0.15, -0.1) is 0 Å². The number of ether oxygens (including phenoxy) is 3. The number of nitrogen functional groups attached to an aromatic ring is 1. The largest absolute Gasteiger partial charge is 0.465 e. The van der Waals surface area contributed by atoms with E-state index in [0.717, 1.165) is 0 Å². The van der Waals surface area contributed by atoms with E-state index in [9.17, 15) is 9.59 Å². The Bertz CT molecular complexity index is 793. The van der Waals surface area contributed by atoms with Gasteiger partial charge in [-0.3, -0.25) is 0 Å². The lowest BCUT2D eigenvalue weighted by molar-refractivity contribution is 0.0599. The molecule has 0 radical (unpaired) electrons. The van der Waals surface area contributed by atoms with E-state index in [4.69, 9.17) is 19.9 Å². The normalized spacial score (nSPS) is 10.2. The van der Waals surface area contributed by atoms with Crippen LogP contribution in [0.25, 0.3) is 0 Å². The van der Waals surface area contributed by atoms with E-state index in [1.807, 2.05) is 0 Å². The van der Waals surface area contributed by atoms with Crippen molar-refractivity contribution < 1.29 is 23.8 Å². The molecule has 0 aliphatic carbocycles. The average molecular weight is 375 g/mol. The summed E-state index contributed by atoms with van der Waals surface area (Å²) in [5.74, 6) is -0.451. The van der Waals surface area contributed by atoms with Gasteiger partial charge in [-0.25, -0.2) is 19.6 Å². The summed E-state index contributed by atoms with van der Waals surface area (Å²) >= 11 is 0. The Morgan fingerprint density at radius 1 is 1.00 bits per heavy atom. The van der Waals surface area contributed by atoms with Crippen LogP contribution >= 0.6 is 0 Å². The SMILES string of the molecule is COCCNc1ncnc(Nc2cc(C(=O)OC)cc(C(=O)OC)c2)c1N. The van der Waals surface area contributed by atoms with Crippen molar-refractivity contribution >= 4 is 34.9 Å². The first-order valence-corrected chi connectivity index (χ1v) is 7.92. The molecule has 10 nitrogen and oxygen atoms in total. The van der Waals surface area contributed by atoms with Gasteiger partial charge in [-0.05, 0) is 18.2 Å². The zero-order valence-electron chi connectivity index (χ0n) is 15.2. The predicted octanol–water partition coefficient (Wildman–Crippen LogP) is 1.43. The highest BCUT2D eigenvalue weighted by Gasteiger charge is 2.15. The summed E-state index contributed by atoms with van der Waals surface area (Å²) in [5.41, 5.74) is 7.12. The molecule has 0 unspecified atom stereocenters. The van der Waals surface area contributed by atoms with Crippen LogP contribution in [0, 0.1) is 0 Å². The summed E-state index contributed by atoms with van der Waals surface area (Å²) in [6.07, 6.45) is 1.33. The van der Waals surface area contributed by atoms with Gasteiger partial charge in [-0.1, -0.05) is 0 Å². The van der Waals surface area contributed by atoms with E-state index in [-0.39, 0.29) is 16.8 Å². The molecule has 144 valence electrons. The third-order valence-electron chi connectivity index (χ3n) is 3.52. The number of hydrogen-bond acceptors (Lipinski definition) is 10. The van der Waals surface area contributed by atoms with Gasteiger partial charge in [0.05, 0.1) is 32.0 Å². The molecular weight excluding hydrogens is 354 g/mol. The topological polar surface area (TPSA) is 138 Å². The predicted molar refractivity (Wildman–Crippen MR) is 99.2 cm³/mol. The van der Waals surface area contributed by atoms with E-state index in [0.29, 0.717) is 30.5 Å². The maximum Gasteiger partial charge on any atom is 0.337 e. The lowest BCUT2D eigenvalue weighted by atomic mass is 10.1. The van der Waals surface area contributed by atoms with Gasteiger partial charge in [0.2, 0.25) is 0 Å². The Morgan fingerprint density at radius 2 is 1.59 bits per heavy atom. The summed E-state index contributed by atoms with van der Waals surface area (Å²) < 4.78 is 14.4. The van der Waals surface area contributed by atoms with Crippen LogP contribution in [-0.4, -0.2) is 56.4 Å². The van der Waals surface area contributed by atoms with Crippen molar-refractivity contribution in [2.45, 2.75) is 0 Å². The van der Waals surface area contributed by atoms with Crippen LogP contribution in [0.1, 0.15) is 20.7 Å². The Kier molecular flexibility index (Phi) is 6.89. The molecule has 0 saturated carbocycles. The lowest BCUT2D eigenvalue weighted by Crippen LogP contribution is -2.12. The number of nitrogens with two attached hydrogens (primary N) is 1. The van der Waals surface area contributed by atoms with Gasteiger partial charge >= 0.3 is 11.9 Å². The number of nitrogens with one attached hydrogen (secondary N) is 2. The molecule has 0 spiro atoms. The van der Waals surface area contributed by atoms with Crippen molar-refractivity contribution in [3.05, 3.63) is 35.7 Å². The van der Waals surface area contributed by atoms with E-state index in [2.05, 4.69) is 20.6 Å². The second-order valence-electron chi connectivity index (χ2n) is 5.31. The minimum atomic E-state index is -0.596. The minimum Gasteiger partial charge on any atom is -0.465 e. The van der Waals surface area contributed by atoms with Crippen LogP contribution < -0.4 is 16.4 Å². The molecule has 0 amide bonds. The van der Waals surface area contributed by atoms with Crippen LogP contribution in [0.15, 0.2) is 24.5 Å². The fourth-order valence-electron chi connectivity index (χ4n) is 2.22. The summed E-state index contributed by atoms with van der Waals surface area (Å²) in [7, 11) is 4.09. The minimum absolute atomic E-state index is 0.175. The number of carbonyl (C=O) groups is 2. The number of rotatable bonds is 8. The molecule has 1 aromatic heterocycles. The summed E-state index contributed by atoms with van der Waals surface area (Å²) in [6, 6.07) is 4.40. The number of hydrogen-bond donors (Lipinski definition) is 3. The second-order valence-corrected chi connectivity index (χ2v) is 5.31. The molecule has 0 aliphatic heterocycles. The third-order valence-corrected chi connectivity index (χ3v) is 3.52. The van der Waals surface area contributed by atoms with Crippen LogP contribution in [0.5, 0.6) is 0 Å². The molecule has 2 aromatic rings. The number of carbonyl (C=O) groups excluding carboxylic acids is 2. The van der Waals surface area contributed by atoms with E-state index >= 15 is 0 Å². The highest BCUT2D eigenvalue weighted by molar-refractivity contribution is 5.97. The lowest BCUT2D eigenvalue weighted by Gasteiger charge is -2.13. The molecule has 0 atom stereocenters. The number of aromatic nitrogens is 2. The smallest absolute Gasteiger partial charge is 0.337 e. The van der Waals surface area contributed by atoms with Crippen LogP contribution in [0.2, 0.25) is 0 Å². The summed E-state index contributed by atoms with van der Waals surface area (Å²) in [6.45, 7) is 0.997. The molecule has 0 saturated heterocycles. The zero-order valence-corrected chi connectivity index (χ0v) is 15.2. The number of methoxy groups -OCH3 is 3. The van der Waals surface area contributed by atoms with Crippen LogP contribution in [0.4, 0.5) is 23.0 Å². The first kappa shape index (κ1) is 19.9. The van der Waals surface area contributed by atoms with Crippen molar-refractivity contribution in [1.82, 2.24) is 9.97 Å². The molecule has 0 aliphatic rings. The molecule has 0 bridgehead atoms. The molecule has 1 aromatic carbocycles. The van der Waals surface area contributed by atoms with Gasteiger partial charge in [-0.2, -0.15) is 0 Å². The first-order chi connectivity index (χ1) is 13.0. The monoisotopic (exact) mass is 375 g/mol. The van der Waals surface area contributed by atoms with Crippen LogP contribution in [0.3, 0.4) is 0 Å². The Morgan fingerprint density at radius 3 is 2.15 bits per heavy atom. The van der Waals surface area contributed by atoms with Crippen LogP contribution in [-0.2, 0) is 14.2 Å². The Labute approximate surface area is 156 Å². The highest BCUT2D eigenvalue weighted by atomic mass is 16.5. The molecule has 27 heavy (non-hydrogen) atoms. The zero-order chi connectivity index (χ0) is 19.8. The van der Waals surface area contributed by atoms with Gasteiger partial charge < -0.3 is 30.6 Å². The summed E-state index contributed by atoms with van der Waals surface area (Å²) in [4.78, 5) is 31.9. The summed E-state index contributed by atoms with van der Waals surface area (Å²) in [5, 5.41) is 6.01. The molecule has 2 rings (SSSR count). The van der Waals surface area contributed by atoms with Gasteiger partial charge in [0.1, 0.15) is 12.0 Å². The maximum atomic E-state index is 11.9. The number of nitrogens with zero attached hydrogens (tertiary/aromatic N) is 2. The van der Waals surface area contributed by atoms with Crippen molar-refractivity contribution in [3.63, 3.8) is 0 Å². The Hall–Kier alpha value is -3.40. The molecule has 4 N–H and O–H groups in total. The second kappa shape index (κ2) is 9.34. The van der Waals surface area contributed by atoms with Gasteiger partial charge in [0.15, 0.2) is 11.6 Å². The van der Waals surface area contributed by atoms with E-state index in [1.54, 1.807) is 7.11 Å². The van der Waals surface area contributed by atoms with Crippen molar-refractivity contribution in [3.8, 4) is 0 Å². The maximum absolute atomic E-state index is 11.9. The highest BCUT2D eigenvalue weighted by Crippen LogP contribution is 2.27. The third kappa shape index (κ3) is 5.05. The standard InChI is InChI=1S/C17H21N5O5/c1-25-5-4-19-14-13(18)15(21-9-20-14)22-12-7-10(16(23)26-2)6-11(8-12)17(24)27-3/h6-9H,4-5,18H2,1-3H3,(H2,19,20,21,22). The first-order valence-electron chi connectivity index (χ1n) is 7.92. The Balaban J connectivity index is 2.34. The van der Waals surface area contributed by atoms with E-state index < -0.39 is 11.9 Å². The number of benzene rings is 1. The fraction of sp³-hybridized carbons (Fsp3) is 0.294. The average Bonchev–Trinajstić information content (AvgIpc) is 2.69.